The fourth-order valence-corrected chi connectivity index (χ4v) is 3.51. The maximum absolute atomic E-state index is 13.8. The van der Waals surface area contributed by atoms with E-state index in [1.54, 1.807) is 24.5 Å². The molecule has 1 aromatic carbocycles. The number of aromatic nitrogens is 4. The van der Waals surface area contributed by atoms with E-state index in [1.807, 2.05) is 30.7 Å². The molecule has 1 N–H and O–H groups in total. The third-order valence-corrected chi connectivity index (χ3v) is 4.89. The van der Waals surface area contributed by atoms with E-state index in [9.17, 15) is 4.39 Å². The van der Waals surface area contributed by atoms with E-state index in [4.69, 9.17) is 4.98 Å². The van der Waals surface area contributed by atoms with Crippen molar-refractivity contribution in [2.75, 3.05) is 23.3 Å². The minimum Gasteiger partial charge on any atom is -0.380 e. The Morgan fingerprint density at radius 2 is 1.81 bits per heavy atom. The molecule has 0 radical (unpaired) electrons. The number of hydrogen-bond donors (Lipinski definition) is 1. The highest BCUT2D eigenvalue weighted by Crippen LogP contribution is 2.22. The molecular weight excluding hydrogens is 343 g/mol. The lowest BCUT2D eigenvalue weighted by Crippen LogP contribution is -2.39. The summed E-state index contributed by atoms with van der Waals surface area (Å²) in [5.74, 6) is 1.37. The first-order valence-corrected chi connectivity index (χ1v) is 9.22. The average molecular weight is 366 g/mol. The first-order chi connectivity index (χ1) is 13.1. The Hall–Kier alpha value is -2.96. The van der Waals surface area contributed by atoms with Crippen LogP contribution in [0, 0.1) is 19.7 Å². The third-order valence-electron chi connectivity index (χ3n) is 4.89. The van der Waals surface area contributed by atoms with Crippen LogP contribution in [0.4, 0.5) is 15.9 Å². The predicted molar refractivity (Wildman–Crippen MR) is 104 cm³/mol. The van der Waals surface area contributed by atoms with Gasteiger partial charge in [0.15, 0.2) is 5.82 Å². The molecule has 0 aliphatic carbocycles. The second-order valence-electron chi connectivity index (χ2n) is 6.96. The van der Waals surface area contributed by atoms with Gasteiger partial charge in [-0.3, -0.25) is 4.98 Å². The lowest BCUT2D eigenvalue weighted by atomic mass is 10.0. The highest BCUT2D eigenvalue weighted by molar-refractivity contribution is 5.46. The molecule has 6 nitrogen and oxygen atoms in total. The average Bonchev–Trinajstić information content (AvgIpc) is 3.02. The monoisotopic (exact) mass is 366 g/mol. The number of piperidine rings is 1. The van der Waals surface area contributed by atoms with Crippen molar-refractivity contribution in [1.82, 2.24) is 19.7 Å². The highest BCUT2D eigenvalue weighted by Gasteiger charge is 2.21. The predicted octanol–water partition coefficient (Wildman–Crippen LogP) is 3.50. The molecule has 0 bridgehead atoms. The van der Waals surface area contributed by atoms with Gasteiger partial charge >= 0.3 is 0 Å². The molecule has 4 rings (SSSR count). The smallest absolute Gasteiger partial charge is 0.174 e. The van der Waals surface area contributed by atoms with Gasteiger partial charge in [-0.25, -0.2) is 14.1 Å². The van der Waals surface area contributed by atoms with E-state index in [1.165, 1.54) is 6.07 Å². The van der Waals surface area contributed by atoms with Crippen LogP contribution < -0.4 is 10.2 Å². The molecule has 140 valence electrons. The fourth-order valence-electron chi connectivity index (χ4n) is 3.51. The molecule has 1 aliphatic rings. The Morgan fingerprint density at radius 1 is 1.07 bits per heavy atom. The highest BCUT2D eigenvalue weighted by atomic mass is 19.1. The van der Waals surface area contributed by atoms with Crippen LogP contribution in [-0.2, 0) is 0 Å². The van der Waals surface area contributed by atoms with Crippen molar-refractivity contribution in [3.05, 3.63) is 59.9 Å². The number of aryl methyl sites for hydroxylation is 2. The standard InChI is InChI=1S/C20H23FN6/c1-14-11-15(2)27(25-14)20-13-22-12-19(24-20)26-9-7-16(8-10-26)23-18-6-4-3-5-17(18)21/h3-6,11-13,16,23H,7-10H2,1-2H3. The van der Waals surface area contributed by atoms with Crippen LogP contribution in [0.25, 0.3) is 5.82 Å². The Morgan fingerprint density at radius 3 is 2.52 bits per heavy atom. The summed E-state index contributed by atoms with van der Waals surface area (Å²) in [5.41, 5.74) is 2.56. The largest absolute Gasteiger partial charge is 0.380 e. The number of hydrogen-bond acceptors (Lipinski definition) is 5. The molecule has 0 amide bonds. The van der Waals surface area contributed by atoms with E-state index in [0.29, 0.717) is 5.69 Å². The zero-order valence-corrected chi connectivity index (χ0v) is 15.6. The van der Waals surface area contributed by atoms with E-state index in [0.717, 1.165) is 49.0 Å². The van der Waals surface area contributed by atoms with E-state index < -0.39 is 0 Å². The van der Waals surface area contributed by atoms with E-state index >= 15 is 0 Å². The Kier molecular flexibility index (Phi) is 4.75. The second-order valence-corrected chi connectivity index (χ2v) is 6.96. The number of nitrogens with one attached hydrogen (secondary N) is 1. The molecule has 1 aliphatic heterocycles. The van der Waals surface area contributed by atoms with Gasteiger partial charge in [0.25, 0.3) is 0 Å². The van der Waals surface area contributed by atoms with Crippen molar-refractivity contribution in [3.63, 3.8) is 0 Å². The van der Waals surface area contributed by atoms with Gasteiger partial charge in [0, 0.05) is 24.8 Å². The lowest BCUT2D eigenvalue weighted by Gasteiger charge is -2.33. The quantitative estimate of drug-likeness (QED) is 0.766. The Bertz CT molecular complexity index is 930. The summed E-state index contributed by atoms with van der Waals surface area (Å²) in [6, 6.07) is 9.10. The Labute approximate surface area is 158 Å². The summed E-state index contributed by atoms with van der Waals surface area (Å²) in [7, 11) is 0. The van der Waals surface area contributed by atoms with Crippen LogP contribution in [0.2, 0.25) is 0 Å². The molecule has 0 atom stereocenters. The van der Waals surface area contributed by atoms with Crippen molar-refractivity contribution in [2.45, 2.75) is 32.7 Å². The Balaban J connectivity index is 1.43. The third kappa shape index (κ3) is 3.77. The maximum Gasteiger partial charge on any atom is 0.174 e. The van der Waals surface area contributed by atoms with Gasteiger partial charge in [-0.05, 0) is 44.9 Å². The minimum absolute atomic E-state index is 0.205. The first kappa shape index (κ1) is 17.5. The summed E-state index contributed by atoms with van der Waals surface area (Å²) in [5, 5.41) is 7.80. The van der Waals surface area contributed by atoms with Gasteiger partial charge in [0.05, 0.1) is 23.8 Å². The van der Waals surface area contributed by atoms with Crippen LogP contribution in [-0.4, -0.2) is 38.9 Å². The van der Waals surface area contributed by atoms with Crippen molar-refractivity contribution < 1.29 is 4.39 Å². The normalized spacial score (nSPS) is 15.1. The van der Waals surface area contributed by atoms with Crippen LogP contribution in [0.3, 0.4) is 0 Å². The van der Waals surface area contributed by atoms with Gasteiger partial charge in [-0.1, -0.05) is 12.1 Å². The van der Waals surface area contributed by atoms with Gasteiger partial charge in [0.2, 0.25) is 0 Å². The SMILES string of the molecule is Cc1cc(C)n(-c2cncc(N3CCC(Nc4ccccc4F)CC3)n2)n1. The summed E-state index contributed by atoms with van der Waals surface area (Å²) in [4.78, 5) is 11.3. The van der Waals surface area contributed by atoms with Gasteiger partial charge < -0.3 is 10.2 Å². The fraction of sp³-hybridized carbons (Fsp3) is 0.350. The number of nitrogens with zero attached hydrogens (tertiary/aromatic N) is 5. The molecule has 3 aromatic rings. The first-order valence-electron chi connectivity index (χ1n) is 9.22. The number of halogens is 1. The van der Waals surface area contributed by atoms with E-state index in [2.05, 4.69) is 20.3 Å². The topological polar surface area (TPSA) is 58.9 Å². The molecule has 3 heterocycles. The van der Waals surface area contributed by atoms with Crippen molar-refractivity contribution in [1.29, 1.82) is 0 Å². The molecule has 7 heteroatoms. The van der Waals surface area contributed by atoms with Crippen LogP contribution in [0.15, 0.2) is 42.7 Å². The lowest BCUT2D eigenvalue weighted by molar-refractivity contribution is 0.518. The molecular formula is C20H23FN6. The van der Waals surface area contributed by atoms with Crippen LogP contribution in [0.1, 0.15) is 24.2 Å². The van der Waals surface area contributed by atoms with Crippen molar-refractivity contribution in [3.8, 4) is 5.82 Å². The van der Waals surface area contributed by atoms with Gasteiger partial charge in [0.1, 0.15) is 11.6 Å². The summed E-state index contributed by atoms with van der Waals surface area (Å²) >= 11 is 0. The molecule has 1 fully saturated rings. The zero-order valence-electron chi connectivity index (χ0n) is 15.6. The van der Waals surface area contributed by atoms with Crippen LogP contribution in [0.5, 0.6) is 0 Å². The number of para-hydroxylation sites is 1. The molecule has 0 spiro atoms. The molecule has 1 saturated heterocycles. The van der Waals surface area contributed by atoms with Gasteiger partial charge in [-0.15, -0.1) is 0 Å². The van der Waals surface area contributed by atoms with Crippen LogP contribution >= 0.6 is 0 Å². The second kappa shape index (κ2) is 7.34. The molecule has 2 aromatic heterocycles. The number of anilines is 2. The molecule has 27 heavy (non-hydrogen) atoms. The molecule has 0 unspecified atom stereocenters. The number of benzene rings is 1. The summed E-state index contributed by atoms with van der Waals surface area (Å²) in [6.07, 6.45) is 5.36. The van der Waals surface area contributed by atoms with Crippen molar-refractivity contribution >= 4 is 11.5 Å². The molecule has 0 saturated carbocycles. The summed E-state index contributed by atoms with van der Waals surface area (Å²) < 4.78 is 15.6. The maximum atomic E-state index is 13.8. The summed E-state index contributed by atoms with van der Waals surface area (Å²) in [6.45, 7) is 5.67. The minimum atomic E-state index is -0.205. The van der Waals surface area contributed by atoms with E-state index in [-0.39, 0.29) is 11.9 Å². The number of rotatable bonds is 4. The zero-order chi connectivity index (χ0) is 18.8. The van der Waals surface area contributed by atoms with Gasteiger partial charge in [-0.2, -0.15) is 5.10 Å². The van der Waals surface area contributed by atoms with Crippen molar-refractivity contribution in [2.24, 2.45) is 0 Å².